The maximum Gasteiger partial charge on any atom is 0.219 e. The Kier molecular flexibility index (Phi) is 4.54. The highest BCUT2D eigenvalue weighted by Crippen LogP contribution is 2.42. The molecule has 0 aromatic heterocycles. The lowest BCUT2D eigenvalue weighted by molar-refractivity contribution is 0.284. The molecule has 0 bridgehead atoms. The molecule has 1 unspecified atom stereocenters. The van der Waals surface area contributed by atoms with E-state index in [1.165, 1.54) is 0 Å². The van der Waals surface area contributed by atoms with Crippen LogP contribution in [0.3, 0.4) is 0 Å². The Morgan fingerprint density at radius 2 is 1.96 bits per heavy atom. The Morgan fingerprint density at radius 3 is 2.60 bits per heavy atom. The summed E-state index contributed by atoms with van der Waals surface area (Å²) in [4.78, 5) is 2.27. The number of fused-ring (bicyclic) bond motifs is 1. The lowest BCUT2D eigenvalue weighted by Crippen LogP contribution is -2.50. The van der Waals surface area contributed by atoms with E-state index >= 15 is 0 Å². The molecule has 0 spiro atoms. The maximum atomic E-state index is 13.1. The minimum Gasteiger partial charge on any atom is -0.490 e. The van der Waals surface area contributed by atoms with Crippen LogP contribution in [0.1, 0.15) is 41.0 Å². The normalized spacial score (nSPS) is 24.1. The highest BCUT2D eigenvalue weighted by molar-refractivity contribution is 7.90. The molecule has 1 fully saturated rings. The van der Waals surface area contributed by atoms with Crippen molar-refractivity contribution in [1.82, 2.24) is 4.31 Å². The largest absolute Gasteiger partial charge is 0.490 e. The van der Waals surface area contributed by atoms with Gasteiger partial charge in [0.05, 0.1) is 17.0 Å². The highest BCUT2D eigenvalue weighted by Gasteiger charge is 2.50. The first-order chi connectivity index (χ1) is 11.4. The second-order valence-corrected chi connectivity index (χ2v) is 11.5. The fraction of sp³-hybridized carbons (Fsp3) is 0.667. The lowest BCUT2D eigenvalue weighted by Gasteiger charge is -2.36. The van der Waals surface area contributed by atoms with Gasteiger partial charge in [-0.2, -0.15) is 4.31 Å². The third kappa shape index (κ3) is 3.24. The molecule has 2 aliphatic rings. The van der Waals surface area contributed by atoms with Crippen LogP contribution < -0.4 is 9.64 Å². The van der Waals surface area contributed by atoms with Crippen LogP contribution in [0.5, 0.6) is 5.75 Å². The van der Waals surface area contributed by atoms with Crippen LogP contribution in [0.15, 0.2) is 18.2 Å². The zero-order chi connectivity index (χ0) is 18.6. The van der Waals surface area contributed by atoms with Gasteiger partial charge in [0, 0.05) is 29.2 Å². The minimum atomic E-state index is -3.39. The number of sulfonamides is 1. The Bertz CT molecular complexity index is 771. The molecule has 1 saturated heterocycles. The molecule has 1 aromatic carbocycles. The molecular weight excluding hydrogens is 360 g/mol. The second kappa shape index (κ2) is 6.03. The first-order valence-corrected chi connectivity index (χ1v) is 10.5. The predicted molar refractivity (Wildman–Crippen MR) is 102 cm³/mol. The molecule has 25 heavy (non-hydrogen) atoms. The van der Waals surface area contributed by atoms with Crippen LogP contribution in [0.2, 0.25) is 5.02 Å². The van der Waals surface area contributed by atoms with Crippen LogP contribution in [0, 0.1) is 0 Å². The van der Waals surface area contributed by atoms with Crippen molar-refractivity contribution >= 4 is 27.3 Å². The van der Waals surface area contributed by atoms with Gasteiger partial charge >= 0.3 is 0 Å². The molecule has 0 radical (unpaired) electrons. The van der Waals surface area contributed by atoms with Gasteiger partial charge in [-0.05, 0) is 53.2 Å². The van der Waals surface area contributed by atoms with E-state index in [0.29, 0.717) is 18.2 Å². The van der Waals surface area contributed by atoms with Gasteiger partial charge in [-0.15, -0.1) is 0 Å². The van der Waals surface area contributed by atoms with Crippen LogP contribution in [-0.4, -0.2) is 48.7 Å². The number of hydrogen-bond donors (Lipinski definition) is 0. The van der Waals surface area contributed by atoms with Gasteiger partial charge in [-0.25, -0.2) is 8.42 Å². The van der Waals surface area contributed by atoms with Gasteiger partial charge in [-0.1, -0.05) is 11.6 Å². The number of benzene rings is 1. The molecule has 0 saturated carbocycles. The van der Waals surface area contributed by atoms with Crippen LogP contribution in [0.4, 0.5) is 5.69 Å². The smallest absolute Gasteiger partial charge is 0.219 e. The summed E-state index contributed by atoms with van der Waals surface area (Å²) in [6, 6.07) is 5.76. The van der Waals surface area contributed by atoms with E-state index in [0.717, 1.165) is 24.4 Å². The number of ether oxygens (including phenoxy) is 1. The molecule has 7 heteroatoms. The van der Waals surface area contributed by atoms with Gasteiger partial charge in [0.1, 0.15) is 12.4 Å². The summed E-state index contributed by atoms with van der Waals surface area (Å²) in [5.74, 6) is 0.772. The first kappa shape index (κ1) is 18.8. The molecule has 1 aromatic rings. The molecule has 140 valence electrons. The number of anilines is 1. The summed E-state index contributed by atoms with van der Waals surface area (Å²) in [5, 5.41) is 0.643. The summed E-state index contributed by atoms with van der Waals surface area (Å²) in [6.45, 7) is 11.1. The minimum absolute atomic E-state index is 0.121. The van der Waals surface area contributed by atoms with E-state index in [9.17, 15) is 8.42 Å². The Hall–Kier alpha value is -0.980. The fourth-order valence-corrected chi connectivity index (χ4v) is 5.66. The van der Waals surface area contributed by atoms with E-state index < -0.39 is 20.3 Å². The van der Waals surface area contributed by atoms with Crippen molar-refractivity contribution in [2.75, 3.05) is 24.6 Å². The molecule has 2 aliphatic heterocycles. The molecule has 0 N–H and O–H groups in total. The topological polar surface area (TPSA) is 49.9 Å². The quantitative estimate of drug-likeness (QED) is 0.780. The molecule has 2 heterocycles. The predicted octanol–water partition coefficient (Wildman–Crippen LogP) is 3.52. The monoisotopic (exact) mass is 386 g/mol. The van der Waals surface area contributed by atoms with E-state index in [1.807, 2.05) is 32.0 Å². The van der Waals surface area contributed by atoms with Gasteiger partial charge in [0.25, 0.3) is 0 Å². The molecule has 5 nitrogen and oxygen atoms in total. The molecule has 1 atom stereocenters. The van der Waals surface area contributed by atoms with Crippen molar-refractivity contribution < 1.29 is 13.2 Å². The Labute approximate surface area is 155 Å². The number of hydrogen-bond acceptors (Lipinski definition) is 4. The van der Waals surface area contributed by atoms with E-state index in [4.69, 9.17) is 16.3 Å². The van der Waals surface area contributed by atoms with Crippen molar-refractivity contribution in [1.29, 1.82) is 0 Å². The van der Waals surface area contributed by atoms with Gasteiger partial charge in [-0.3, -0.25) is 0 Å². The lowest BCUT2D eigenvalue weighted by atomic mass is 10.00. The number of halogens is 1. The van der Waals surface area contributed by atoms with E-state index in [-0.39, 0.29) is 6.04 Å². The molecule has 3 rings (SSSR count). The number of nitrogens with zero attached hydrogens (tertiary/aromatic N) is 2. The zero-order valence-electron chi connectivity index (χ0n) is 15.5. The fourth-order valence-electron chi connectivity index (χ4n) is 3.74. The number of rotatable bonds is 2. The molecule has 0 amide bonds. The highest BCUT2D eigenvalue weighted by atomic mass is 35.5. The van der Waals surface area contributed by atoms with Crippen molar-refractivity contribution in [2.45, 2.75) is 57.4 Å². The van der Waals surface area contributed by atoms with Gasteiger partial charge in [0.2, 0.25) is 10.0 Å². The van der Waals surface area contributed by atoms with Crippen molar-refractivity contribution in [3.8, 4) is 5.75 Å². The summed E-state index contributed by atoms with van der Waals surface area (Å²) in [6.07, 6.45) is 0.782. The van der Waals surface area contributed by atoms with Gasteiger partial charge < -0.3 is 9.64 Å². The maximum absolute atomic E-state index is 13.1. The third-order valence-electron chi connectivity index (χ3n) is 5.11. The van der Waals surface area contributed by atoms with Crippen LogP contribution >= 0.6 is 11.6 Å². The van der Waals surface area contributed by atoms with Crippen molar-refractivity contribution in [3.05, 3.63) is 23.2 Å². The zero-order valence-corrected chi connectivity index (χ0v) is 17.1. The third-order valence-corrected chi connectivity index (χ3v) is 8.12. The van der Waals surface area contributed by atoms with Crippen LogP contribution in [-0.2, 0) is 10.0 Å². The summed E-state index contributed by atoms with van der Waals surface area (Å²) in [5.41, 5.74) is 0.577. The summed E-state index contributed by atoms with van der Waals surface area (Å²) < 4.78 is 32.7. The average molecular weight is 387 g/mol. The van der Waals surface area contributed by atoms with E-state index in [1.54, 1.807) is 25.1 Å². The van der Waals surface area contributed by atoms with Gasteiger partial charge in [0.15, 0.2) is 0 Å². The Morgan fingerprint density at radius 1 is 1.28 bits per heavy atom. The summed E-state index contributed by atoms with van der Waals surface area (Å²) in [7, 11) is -3.39. The molecular formula is C18H27ClN2O3S. The standard InChI is InChI=1S/C18H27ClN2O3S/c1-17(2,3)25(22,23)21-12-14(11-18(21,4)5)20-8-9-24-16-10-13(19)6-7-15(16)20/h6-7,10,14H,8-9,11-12H2,1-5H3. The Balaban J connectivity index is 1.93. The molecule has 0 aliphatic carbocycles. The SMILES string of the molecule is CC1(C)CC(N2CCOc3cc(Cl)ccc32)CN1S(=O)(=O)C(C)(C)C. The summed E-state index contributed by atoms with van der Waals surface area (Å²) >= 11 is 6.08. The average Bonchev–Trinajstić information content (AvgIpc) is 2.81. The van der Waals surface area contributed by atoms with Crippen LogP contribution in [0.25, 0.3) is 0 Å². The second-order valence-electron chi connectivity index (χ2n) is 8.47. The van der Waals surface area contributed by atoms with Crippen molar-refractivity contribution in [2.24, 2.45) is 0 Å². The van der Waals surface area contributed by atoms with Crippen molar-refractivity contribution in [3.63, 3.8) is 0 Å². The first-order valence-electron chi connectivity index (χ1n) is 8.65. The van der Waals surface area contributed by atoms with E-state index in [2.05, 4.69) is 4.90 Å².